The molecule has 0 aromatic carbocycles. The van der Waals surface area contributed by atoms with Crippen molar-refractivity contribution in [2.45, 2.75) is 26.3 Å². The minimum atomic E-state index is -0.344. The predicted octanol–water partition coefficient (Wildman–Crippen LogP) is 2.11. The Labute approximate surface area is 67.4 Å². The molecule has 0 aliphatic rings. The Bertz CT molecular complexity index is 211. The van der Waals surface area contributed by atoms with E-state index in [1.165, 1.54) is 0 Å². The van der Waals surface area contributed by atoms with E-state index in [-0.39, 0.29) is 5.54 Å². The van der Waals surface area contributed by atoms with Crippen molar-refractivity contribution < 1.29 is 4.42 Å². The molecule has 11 heavy (non-hydrogen) atoms. The highest BCUT2D eigenvalue weighted by Gasteiger charge is 2.27. The first kappa shape index (κ1) is 8.34. The lowest BCUT2D eigenvalue weighted by Crippen LogP contribution is -2.38. The summed E-state index contributed by atoms with van der Waals surface area (Å²) >= 11 is 0. The molecule has 0 bridgehead atoms. The van der Waals surface area contributed by atoms with Crippen LogP contribution in [0.5, 0.6) is 0 Å². The highest BCUT2D eigenvalue weighted by Crippen LogP contribution is 2.25. The Hall–Kier alpha value is -0.760. The van der Waals surface area contributed by atoms with Crippen molar-refractivity contribution in [1.29, 1.82) is 0 Å². The first-order valence-electron chi connectivity index (χ1n) is 3.88. The van der Waals surface area contributed by atoms with E-state index < -0.39 is 0 Å². The van der Waals surface area contributed by atoms with Crippen LogP contribution in [0.15, 0.2) is 22.8 Å². The maximum atomic E-state index is 6.03. The van der Waals surface area contributed by atoms with Crippen LogP contribution >= 0.6 is 0 Å². The molecule has 0 amide bonds. The lowest BCUT2D eigenvalue weighted by atomic mass is 9.87. The third-order valence-electron chi connectivity index (χ3n) is 2.25. The summed E-state index contributed by atoms with van der Waals surface area (Å²) in [4.78, 5) is 0. The van der Waals surface area contributed by atoms with Crippen LogP contribution in [-0.2, 0) is 5.54 Å². The molecule has 0 saturated heterocycles. The third kappa shape index (κ3) is 1.46. The summed E-state index contributed by atoms with van der Waals surface area (Å²) in [6, 6.07) is 3.78. The molecule has 0 spiro atoms. The van der Waals surface area contributed by atoms with Crippen LogP contribution in [0.2, 0.25) is 0 Å². The predicted molar refractivity (Wildman–Crippen MR) is 45.1 cm³/mol. The smallest absolute Gasteiger partial charge is 0.123 e. The molecule has 1 aromatic rings. The first-order valence-corrected chi connectivity index (χ1v) is 3.88. The molecule has 62 valence electrons. The van der Waals surface area contributed by atoms with E-state index in [9.17, 15) is 0 Å². The SMILES string of the molecule is CC(C)[C@](C)(N)c1ccco1. The Morgan fingerprint density at radius 1 is 1.55 bits per heavy atom. The van der Waals surface area contributed by atoms with Gasteiger partial charge in [0, 0.05) is 0 Å². The fourth-order valence-corrected chi connectivity index (χ4v) is 0.870. The topological polar surface area (TPSA) is 39.2 Å². The van der Waals surface area contributed by atoms with E-state index in [2.05, 4.69) is 13.8 Å². The highest BCUT2D eigenvalue weighted by molar-refractivity contribution is 5.10. The molecule has 2 heteroatoms. The van der Waals surface area contributed by atoms with E-state index in [0.717, 1.165) is 5.76 Å². The van der Waals surface area contributed by atoms with E-state index in [4.69, 9.17) is 10.2 Å². The van der Waals surface area contributed by atoms with Crippen molar-refractivity contribution in [3.63, 3.8) is 0 Å². The fraction of sp³-hybridized carbons (Fsp3) is 0.556. The van der Waals surface area contributed by atoms with Crippen molar-refractivity contribution in [2.24, 2.45) is 11.7 Å². The zero-order chi connectivity index (χ0) is 8.48. The van der Waals surface area contributed by atoms with Crippen LogP contribution in [0.25, 0.3) is 0 Å². The van der Waals surface area contributed by atoms with E-state index in [1.807, 2.05) is 19.1 Å². The Kier molecular flexibility index (Phi) is 2.05. The van der Waals surface area contributed by atoms with Gasteiger partial charge in [-0.1, -0.05) is 13.8 Å². The normalized spacial score (nSPS) is 16.8. The summed E-state index contributed by atoms with van der Waals surface area (Å²) in [5.74, 6) is 1.24. The van der Waals surface area contributed by atoms with Crippen LogP contribution in [0.1, 0.15) is 26.5 Å². The summed E-state index contributed by atoms with van der Waals surface area (Å²) in [6.45, 7) is 6.15. The summed E-state index contributed by atoms with van der Waals surface area (Å²) in [7, 11) is 0. The van der Waals surface area contributed by atoms with Gasteiger partial charge in [0.15, 0.2) is 0 Å². The molecule has 1 aromatic heterocycles. The lowest BCUT2D eigenvalue weighted by Gasteiger charge is -2.26. The Morgan fingerprint density at radius 2 is 2.18 bits per heavy atom. The molecule has 2 N–H and O–H groups in total. The van der Waals surface area contributed by atoms with Crippen molar-refractivity contribution in [3.8, 4) is 0 Å². The molecule has 0 unspecified atom stereocenters. The fourth-order valence-electron chi connectivity index (χ4n) is 0.870. The number of hydrogen-bond acceptors (Lipinski definition) is 2. The maximum Gasteiger partial charge on any atom is 0.123 e. The maximum absolute atomic E-state index is 6.03. The molecular weight excluding hydrogens is 138 g/mol. The standard InChI is InChI=1S/C9H15NO/c1-7(2)9(3,10)8-5-4-6-11-8/h4-7H,10H2,1-3H3/t9-/m0/s1. The molecule has 1 heterocycles. The van der Waals surface area contributed by atoms with Crippen LogP contribution in [0.3, 0.4) is 0 Å². The van der Waals surface area contributed by atoms with Crippen LogP contribution in [0, 0.1) is 5.92 Å². The van der Waals surface area contributed by atoms with E-state index in [1.54, 1.807) is 6.26 Å². The summed E-state index contributed by atoms with van der Waals surface area (Å²) in [5.41, 5.74) is 5.69. The second-order valence-electron chi connectivity index (χ2n) is 3.41. The summed E-state index contributed by atoms with van der Waals surface area (Å²) in [6.07, 6.45) is 1.66. The quantitative estimate of drug-likeness (QED) is 0.706. The Balaban J connectivity index is 2.90. The summed E-state index contributed by atoms with van der Waals surface area (Å²) in [5, 5.41) is 0. The van der Waals surface area contributed by atoms with Gasteiger partial charge in [0.25, 0.3) is 0 Å². The molecule has 0 radical (unpaired) electrons. The van der Waals surface area contributed by atoms with Gasteiger partial charge in [-0.25, -0.2) is 0 Å². The minimum absolute atomic E-state index is 0.344. The van der Waals surface area contributed by atoms with Gasteiger partial charge in [0.05, 0.1) is 11.8 Å². The van der Waals surface area contributed by atoms with Crippen molar-refractivity contribution in [1.82, 2.24) is 0 Å². The molecular formula is C9H15NO. The van der Waals surface area contributed by atoms with E-state index in [0.29, 0.717) is 5.92 Å². The highest BCUT2D eigenvalue weighted by atomic mass is 16.3. The van der Waals surface area contributed by atoms with Crippen molar-refractivity contribution in [2.75, 3.05) is 0 Å². The average molecular weight is 153 g/mol. The van der Waals surface area contributed by atoms with Gasteiger partial charge in [-0.05, 0) is 25.0 Å². The van der Waals surface area contributed by atoms with Crippen LogP contribution in [-0.4, -0.2) is 0 Å². The molecule has 1 rings (SSSR count). The second kappa shape index (κ2) is 2.70. The van der Waals surface area contributed by atoms with Gasteiger partial charge < -0.3 is 10.2 Å². The second-order valence-corrected chi connectivity index (χ2v) is 3.41. The van der Waals surface area contributed by atoms with Crippen molar-refractivity contribution in [3.05, 3.63) is 24.2 Å². The molecule has 0 saturated carbocycles. The Morgan fingerprint density at radius 3 is 2.55 bits per heavy atom. The molecule has 2 nitrogen and oxygen atoms in total. The zero-order valence-electron chi connectivity index (χ0n) is 7.29. The van der Waals surface area contributed by atoms with Gasteiger partial charge in [0.2, 0.25) is 0 Å². The zero-order valence-corrected chi connectivity index (χ0v) is 7.29. The van der Waals surface area contributed by atoms with Crippen molar-refractivity contribution >= 4 is 0 Å². The number of nitrogens with two attached hydrogens (primary N) is 1. The van der Waals surface area contributed by atoms with Gasteiger partial charge in [-0.3, -0.25) is 0 Å². The monoisotopic (exact) mass is 153 g/mol. The molecule has 0 aliphatic carbocycles. The molecule has 1 atom stereocenters. The lowest BCUT2D eigenvalue weighted by molar-refractivity contribution is 0.283. The first-order chi connectivity index (χ1) is 5.05. The largest absolute Gasteiger partial charge is 0.467 e. The van der Waals surface area contributed by atoms with Gasteiger partial charge in [-0.2, -0.15) is 0 Å². The molecule has 0 aliphatic heterocycles. The van der Waals surface area contributed by atoms with Gasteiger partial charge in [0.1, 0.15) is 5.76 Å². The number of furan rings is 1. The van der Waals surface area contributed by atoms with Gasteiger partial charge in [-0.15, -0.1) is 0 Å². The van der Waals surface area contributed by atoms with Crippen LogP contribution < -0.4 is 5.73 Å². The van der Waals surface area contributed by atoms with Gasteiger partial charge >= 0.3 is 0 Å². The molecule has 0 fully saturated rings. The summed E-state index contributed by atoms with van der Waals surface area (Å²) < 4.78 is 5.23. The number of rotatable bonds is 2. The third-order valence-corrected chi connectivity index (χ3v) is 2.25. The minimum Gasteiger partial charge on any atom is -0.467 e. The number of hydrogen-bond donors (Lipinski definition) is 1. The van der Waals surface area contributed by atoms with Crippen LogP contribution in [0.4, 0.5) is 0 Å². The average Bonchev–Trinajstić information content (AvgIpc) is 2.37. The van der Waals surface area contributed by atoms with E-state index >= 15 is 0 Å².